The highest BCUT2D eigenvalue weighted by atomic mass is 16.5. The fourth-order valence-electron chi connectivity index (χ4n) is 1.19. The molecule has 0 radical (unpaired) electrons. The minimum absolute atomic E-state index is 0.238. The van der Waals surface area contributed by atoms with E-state index in [1.54, 1.807) is 0 Å². The zero-order chi connectivity index (χ0) is 11.7. The molecule has 2 unspecified atom stereocenters. The lowest BCUT2D eigenvalue weighted by Gasteiger charge is -2.16. The average Bonchev–Trinajstić information content (AvgIpc) is 2.20. The molecule has 2 atom stereocenters. The fraction of sp³-hybridized carbons (Fsp3) is 0.900. The van der Waals surface area contributed by atoms with Crippen molar-refractivity contribution in [3.8, 4) is 0 Å². The number of aliphatic hydroxyl groups is 1. The number of carboxylic acid groups (broad SMARTS) is 1. The molecule has 3 N–H and O–H groups in total. The van der Waals surface area contributed by atoms with Crippen molar-refractivity contribution in [2.75, 3.05) is 19.8 Å². The van der Waals surface area contributed by atoms with E-state index in [1.165, 1.54) is 0 Å². The van der Waals surface area contributed by atoms with Crippen LogP contribution in [-0.2, 0) is 9.53 Å². The molecule has 0 rings (SSSR count). The second kappa shape index (κ2) is 8.64. The van der Waals surface area contributed by atoms with Crippen LogP contribution in [0.25, 0.3) is 0 Å². The number of aliphatic hydroxyl groups excluding tert-OH is 1. The van der Waals surface area contributed by atoms with E-state index in [0.717, 1.165) is 6.42 Å². The van der Waals surface area contributed by atoms with E-state index < -0.39 is 18.1 Å². The first-order valence-corrected chi connectivity index (χ1v) is 5.33. The van der Waals surface area contributed by atoms with Gasteiger partial charge in [-0.1, -0.05) is 13.3 Å². The molecule has 0 aliphatic heterocycles. The molecule has 0 saturated carbocycles. The van der Waals surface area contributed by atoms with Crippen LogP contribution in [0.4, 0.5) is 0 Å². The summed E-state index contributed by atoms with van der Waals surface area (Å²) in [5.74, 6) is -0.875. The Morgan fingerprint density at radius 3 is 2.60 bits per heavy atom. The third kappa shape index (κ3) is 7.30. The number of hydrogen-bond donors (Lipinski definition) is 3. The average molecular weight is 219 g/mol. The van der Waals surface area contributed by atoms with Crippen molar-refractivity contribution in [1.82, 2.24) is 5.32 Å². The van der Waals surface area contributed by atoms with E-state index in [0.29, 0.717) is 13.0 Å². The van der Waals surface area contributed by atoms with Crippen LogP contribution in [0.5, 0.6) is 0 Å². The first kappa shape index (κ1) is 14.3. The maximum absolute atomic E-state index is 10.7. The quantitative estimate of drug-likeness (QED) is 0.517. The number of nitrogens with one attached hydrogen (secondary N) is 1. The normalized spacial score (nSPS) is 14.9. The lowest BCUT2D eigenvalue weighted by atomic mass is 10.1. The summed E-state index contributed by atoms with van der Waals surface area (Å²) >= 11 is 0. The zero-order valence-corrected chi connectivity index (χ0v) is 9.40. The summed E-state index contributed by atoms with van der Waals surface area (Å²) in [6.07, 6.45) is 0.714. The monoisotopic (exact) mass is 219 g/mol. The summed E-state index contributed by atoms with van der Waals surface area (Å²) in [7, 11) is 0. The first-order valence-electron chi connectivity index (χ1n) is 5.33. The van der Waals surface area contributed by atoms with Crippen LogP contribution in [0.15, 0.2) is 0 Å². The van der Waals surface area contributed by atoms with Gasteiger partial charge in [-0.15, -0.1) is 0 Å². The van der Waals surface area contributed by atoms with E-state index in [4.69, 9.17) is 9.84 Å². The van der Waals surface area contributed by atoms with Crippen molar-refractivity contribution >= 4 is 5.97 Å². The van der Waals surface area contributed by atoms with Crippen molar-refractivity contribution in [2.24, 2.45) is 0 Å². The van der Waals surface area contributed by atoms with Crippen LogP contribution in [0.2, 0.25) is 0 Å². The largest absolute Gasteiger partial charge is 0.480 e. The second-order valence-electron chi connectivity index (χ2n) is 3.40. The van der Waals surface area contributed by atoms with E-state index in [9.17, 15) is 9.90 Å². The van der Waals surface area contributed by atoms with Crippen molar-refractivity contribution in [3.63, 3.8) is 0 Å². The highest BCUT2D eigenvalue weighted by molar-refractivity contribution is 5.73. The molecule has 0 amide bonds. The molecule has 0 aliphatic carbocycles. The summed E-state index contributed by atoms with van der Waals surface area (Å²) in [5, 5.41) is 21.0. The molecule has 5 heteroatoms. The topological polar surface area (TPSA) is 78.8 Å². The summed E-state index contributed by atoms with van der Waals surface area (Å²) in [4.78, 5) is 10.7. The van der Waals surface area contributed by atoms with Gasteiger partial charge in [0.25, 0.3) is 0 Å². The molecule has 0 spiro atoms. The van der Waals surface area contributed by atoms with Gasteiger partial charge in [-0.25, -0.2) is 0 Å². The Bertz CT molecular complexity index is 175. The van der Waals surface area contributed by atoms with Crippen LogP contribution in [0.1, 0.15) is 26.7 Å². The van der Waals surface area contributed by atoms with Crippen LogP contribution >= 0.6 is 0 Å². The van der Waals surface area contributed by atoms with Gasteiger partial charge in [0.05, 0.1) is 12.7 Å². The van der Waals surface area contributed by atoms with Gasteiger partial charge in [-0.2, -0.15) is 0 Å². The summed E-state index contributed by atoms with van der Waals surface area (Å²) in [6.45, 7) is 4.80. The van der Waals surface area contributed by atoms with Crippen LogP contribution in [-0.4, -0.2) is 48.1 Å². The lowest BCUT2D eigenvalue weighted by molar-refractivity contribution is -0.139. The highest BCUT2D eigenvalue weighted by Crippen LogP contribution is 1.97. The van der Waals surface area contributed by atoms with Crippen molar-refractivity contribution in [3.05, 3.63) is 0 Å². The zero-order valence-electron chi connectivity index (χ0n) is 9.40. The Balaban J connectivity index is 3.72. The van der Waals surface area contributed by atoms with Gasteiger partial charge in [0, 0.05) is 13.2 Å². The molecule has 0 saturated heterocycles. The third-order valence-corrected chi connectivity index (χ3v) is 1.99. The van der Waals surface area contributed by atoms with Crippen LogP contribution in [0, 0.1) is 0 Å². The Labute approximate surface area is 90.4 Å². The summed E-state index contributed by atoms with van der Waals surface area (Å²) in [6, 6.07) is -0.578. The van der Waals surface area contributed by atoms with E-state index >= 15 is 0 Å². The molecule has 0 aliphatic rings. The predicted octanol–water partition coefficient (Wildman–Crippen LogP) is 0.227. The summed E-state index contributed by atoms with van der Waals surface area (Å²) in [5.41, 5.74) is 0. The Hall–Kier alpha value is -0.650. The maximum atomic E-state index is 10.7. The van der Waals surface area contributed by atoms with E-state index in [-0.39, 0.29) is 13.2 Å². The molecular weight excluding hydrogens is 198 g/mol. The Kier molecular flexibility index (Phi) is 8.27. The maximum Gasteiger partial charge on any atom is 0.320 e. The highest BCUT2D eigenvalue weighted by Gasteiger charge is 2.16. The number of carbonyl (C=O) groups is 1. The Morgan fingerprint density at radius 2 is 2.13 bits per heavy atom. The molecular formula is C10H21NO4. The number of carboxylic acids is 1. The molecule has 5 nitrogen and oxygen atoms in total. The van der Waals surface area contributed by atoms with E-state index in [1.807, 2.05) is 13.8 Å². The predicted molar refractivity (Wildman–Crippen MR) is 56.8 cm³/mol. The van der Waals surface area contributed by atoms with Gasteiger partial charge in [-0.3, -0.25) is 4.79 Å². The number of hydrogen-bond acceptors (Lipinski definition) is 4. The van der Waals surface area contributed by atoms with Crippen molar-refractivity contribution < 1.29 is 19.7 Å². The van der Waals surface area contributed by atoms with Crippen molar-refractivity contribution in [2.45, 2.75) is 38.8 Å². The SMILES string of the molecule is CCCC(NCC(O)COCC)C(=O)O. The minimum atomic E-state index is -0.875. The van der Waals surface area contributed by atoms with Gasteiger partial charge in [0.15, 0.2) is 0 Å². The van der Waals surface area contributed by atoms with Gasteiger partial charge >= 0.3 is 5.97 Å². The summed E-state index contributed by atoms with van der Waals surface area (Å²) < 4.78 is 5.01. The molecule has 0 aromatic heterocycles. The van der Waals surface area contributed by atoms with Gasteiger partial charge in [-0.05, 0) is 13.3 Å². The molecule has 90 valence electrons. The molecule has 0 heterocycles. The van der Waals surface area contributed by atoms with Gasteiger partial charge < -0.3 is 20.3 Å². The molecule has 0 aromatic rings. The Morgan fingerprint density at radius 1 is 1.47 bits per heavy atom. The van der Waals surface area contributed by atoms with Crippen LogP contribution < -0.4 is 5.32 Å². The minimum Gasteiger partial charge on any atom is -0.480 e. The number of aliphatic carboxylic acids is 1. The second-order valence-corrected chi connectivity index (χ2v) is 3.40. The molecule has 0 bridgehead atoms. The lowest BCUT2D eigenvalue weighted by Crippen LogP contribution is -2.42. The fourth-order valence-corrected chi connectivity index (χ4v) is 1.19. The third-order valence-electron chi connectivity index (χ3n) is 1.99. The molecule has 15 heavy (non-hydrogen) atoms. The van der Waals surface area contributed by atoms with Crippen LogP contribution in [0.3, 0.4) is 0 Å². The van der Waals surface area contributed by atoms with Gasteiger partial charge in [0.2, 0.25) is 0 Å². The molecule has 0 fully saturated rings. The number of rotatable bonds is 9. The smallest absolute Gasteiger partial charge is 0.320 e. The number of ether oxygens (including phenoxy) is 1. The van der Waals surface area contributed by atoms with Gasteiger partial charge in [0.1, 0.15) is 6.04 Å². The standard InChI is InChI=1S/C10H21NO4/c1-3-5-9(10(13)14)11-6-8(12)7-15-4-2/h8-9,11-12H,3-7H2,1-2H3,(H,13,14). The first-order chi connectivity index (χ1) is 7.11. The van der Waals surface area contributed by atoms with E-state index in [2.05, 4.69) is 5.32 Å². The molecule has 0 aromatic carbocycles. The van der Waals surface area contributed by atoms with Crippen molar-refractivity contribution in [1.29, 1.82) is 0 Å².